The number of halogens is 1. The lowest BCUT2D eigenvalue weighted by Crippen LogP contribution is -2.03. The van der Waals surface area contributed by atoms with Crippen molar-refractivity contribution in [2.45, 2.75) is 19.6 Å². The number of aromatic amines is 1. The molecule has 100 valence electrons. The van der Waals surface area contributed by atoms with E-state index in [1.54, 1.807) is 11.8 Å². The Morgan fingerprint density at radius 2 is 2.11 bits per heavy atom. The molecule has 2 nitrogen and oxygen atoms in total. The van der Waals surface area contributed by atoms with Crippen LogP contribution in [0.2, 0.25) is 5.02 Å². The highest BCUT2D eigenvalue weighted by Crippen LogP contribution is 2.19. The number of carbonyl (C=O) groups excluding carboxylic acids is 1. The molecule has 4 heteroatoms. The minimum absolute atomic E-state index is 0.175. The molecule has 0 unspecified atom stereocenters. The molecule has 0 saturated carbocycles. The minimum atomic E-state index is 0.175. The smallest absolute Gasteiger partial charge is 0.174 e. The van der Waals surface area contributed by atoms with E-state index in [0.717, 1.165) is 33.3 Å². The molecule has 0 saturated heterocycles. The van der Waals surface area contributed by atoms with Crippen molar-refractivity contribution in [1.82, 2.24) is 4.98 Å². The third-order valence-corrected chi connectivity index (χ3v) is 4.08. The van der Waals surface area contributed by atoms with Gasteiger partial charge in [-0.1, -0.05) is 23.7 Å². The topological polar surface area (TPSA) is 32.9 Å². The van der Waals surface area contributed by atoms with Gasteiger partial charge in [0, 0.05) is 27.7 Å². The van der Waals surface area contributed by atoms with Gasteiger partial charge in [0.15, 0.2) is 5.78 Å². The van der Waals surface area contributed by atoms with Crippen molar-refractivity contribution in [3.05, 3.63) is 57.9 Å². The fourth-order valence-electron chi connectivity index (χ4n) is 1.98. The van der Waals surface area contributed by atoms with E-state index in [1.807, 2.05) is 44.2 Å². The van der Waals surface area contributed by atoms with Gasteiger partial charge in [0.25, 0.3) is 0 Å². The monoisotopic (exact) mass is 293 g/mol. The van der Waals surface area contributed by atoms with Crippen LogP contribution in [0.25, 0.3) is 0 Å². The quantitative estimate of drug-likeness (QED) is 0.829. The number of ketones is 1. The number of carbonyl (C=O) groups is 1. The van der Waals surface area contributed by atoms with Gasteiger partial charge in [-0.2, -0.15) is 0 Å². The third kappa shape index (κ3) is 3.88. The van der Waals surface area contributed by atoms with Gasteiger partial charge in [-0.05, 0) is 37.6 Å². The van der Waals surface area contributed by atoms with E-state index in [4.69, 9.17) is 11.6 Å². The van der Waals surface area contributed by atoms with Gasteiger partial charge in [0.2, 0.25) is 0 Å². The number of thioether (sulfide) groups is 1. The molecule has 0 bridgehead atoms. The molecule has 1 heterocycles. The first-order valence-electron chi connectivity index (χ1n) is 6.08. The molecular formula is C15H16ClNOS. The summed E-state index contributed by atoms with van der Waals surface area (Å²) in [4.78, 5) is 15.2. The molecule has 1 aromatic heterocycles. The van der Waals surface area contributed by atoms with Crippen LogP contribution in [0.5, 0.6) is 0 Å². The highest BCUT2D eigenvalue weighted by molar-refractivity contribution is 7.99. The summed E-state index contributed by atoms with van der Waals surface area (Å²) in [6.07, 6.45) is 0. The standard InChI is InChI=1S/C15H16ClNOS/c1-10-6-14(11(2)17-10)15(18)9-19-8-12-4-3-5-13(16)7-12/h3-7,17H,8-9H2,1-2H3. The average molecular weight is 294 g/mol. The molecule has 0 aliphatic carbocycles. The van der Waals surface area contributed by atoms with Crippen LogP contribution in [0.3, 0.4) is 0 Å². The Kier molecular flexibility index (Phi) is 4.72. The van der Waals surface area contributed by atoms with Crippen LogP contribution in [0.1, 0.15) is 27.3 Å². The zero-order chi connectivity index (χ0) is 13.8. The predicted octanol–water partition coefficient (Wildman–Crippen LogP) is 4.40. The lowest BCUT2D eigenvalue weighted by Gasteiger charge is -2.02. The number of nitrogens with one attached hydrogen (secondary N) is 1. The van der Waals surface area contributed by atoms with Crippen molar-refractivity contribution in [2.75, 3.05) is 5.75 Å². The summed E-state index contributed by atoms with van der Waals surface area (Å²) in [6.45, 7) is 3.89. The lowest BCUT2D eigenvalue weighted by molar-refractivity contribution is 0.102. The van der Waals surface area contributed by atoms with Gasteiger partial charge in [0.1, 0.15) is 0 Å². The van der Waals surface area contributed by atoms with Crippen LogP contribution in [-0.4, -0.2) is 16.5 Å². The zero-order valence-corrected chi connectivity index (χ0v) is 12.6. The Morgan fingerprint density at radius 3 is 2.74 bits per heavy atom. The summed E-state index contributed by atoms with van der Waals surface area (Å²) >= 11 is 7.54. The number of Topliss-reactive ketones (excluding diaryl/α,β-unsaturated/α-hetero) is 1. The van der Waals surface area contributed by atoms with Crippen LogP contribution >= 0.6 is 23.4 Å². The summed E-state index contributed by atoms with van der Waals surface area (Å²) < 4.78 is 0. The number of aryl methyl sites for hydroxylation is 2. The Hall–Kier alpha value is -1.19. The van der Waals surface area contributed by atoms with Crippen LogP contribution in [0, 0.1) is 13.8 Å². The molecule has 0 amide bonds. The molecular weight excluding hydrogens is 278 g/mol. The average Bonchev–Trinajstić information content (AvgIpc) is 2.68. The maximum atomic E-state index is 12.1. The van der Waals surface area contributed by atoms with Gasteiger partial charge in [-0.3, -0.25) is 4.79 Å². The zero-order valence-electron chi connectivity index (χ0n) is 11.0. The molecule has 0 radical (unpaired) electrons. The number of hydrogen-bond acceptors (Lipinski definition) is 2. The molecule has 1 aromatic carbocycles. The van der Waals surface area contributed by atoms with Crippen LogP contribution in [0.4, 0.5) is 0 Å². The largest absolute Gasteiger partial charge is 0.362 e. The maximum absolute atomic E-state index is 12.1. The summed E-state index contributed by atoms with van der Waals surface area (Å²) in [5.41, 5.74) is 3.93. The van der Waals surface area contributed by atoms with Gasteiger partial charge in [0.05, 0.1) is 5.75 Å². The normalized spacial score (nSPS) is 10.7. The predicted molar refractivity (Wildman–Crippen MR) is 82.2 cm³/mol. The number of aromatic nitrogens is 1. The first-order chi connectivity index (χ1) is 9.06. The fourth-order valence-corrected chi connectivity index (χ4v) is 3.05. The number of benzene rings is 1. The first-order valence-corrected chi connectivity index (χ1v) is 7.61. The molecule has 0 aliphatic rings. The SMILES string of the molecule is Cc1cc(C(=O)CSCc2cccc(Cl)c2)c(C)[nH]1. The number of hydrogen-bond donors (Lipinski definition) is 1. The van der Waals surface area contributed by atoms with E-state index >= 15 is 0 Å². The van der Waals surface area contributed by atoms with Crippen molar-refractivity contribution in [3.8, 4) is 0 Å². The van der Waals surface area contributed by atoms with Crippen molar-refractivity contribution in [1.29, 1.82) is 0 Å². The molecule has 0 aliphatic heterocycles. The summed E-state index contributed by atoms with van der Waals surface area (Å²) in [5.74, 6) is 1.47. The minimum Gasteiger partial charge on any atom is -0.362 e. The molecule has 0 spiro atoms. The second-order valence-corrected chi connectivity index (χ2v) is 5.96. The Labute approximate surface area is 122 Å². The van der Waals surface area contributed by atoms with E-state index in [9.17, 15) is 4.79 Å². The van der Waals surface area contributed by atoms with Crippen LogP contribution in [-0.2, 0) is 5.75 Å². The number of H-pyrrole nitrogens is 1. The fraction of sp³-hybridized carbons (Fsp3) is 0.267. The van der Waals surface area contributed by atoms with Crippen molar-refractivity contribution in [2.24, 2.45) is 0 Å². The molecule has 19 heavy (non-hydrogen) atoms. The van der Waals surface area contributed by atoms with Crippen molar-refractivity contribution in [3.63, 3.8) is 0 Å². The molecule has 2 aromatic rings. The Bertz CT molecular complexity index is 592. The van der Waals surface area contributed by atoms with Crippen molar-refractivity contribution >= 4 is 29.1 Å². The van der Waals surface area contributed by atoms with Crippen LogP contribution in [0.15, 0.2) is 30.3 Å². The molecule has 0 atom stereocenters. The molecule has 1 N–H and O–H groups in total. The van der Waals surface area contributed by atoms with E-state index < -0.39 is 0 Å². The highest BCUT2D eigenvalue weighted by atomic mass is 35.5. The van der Waals surface area contributed by atoms with E-state index in [-0.39, 0.29) is 5.78 Å². The third-order valence-electron chi connectivity index (χ3n) is 2.84. The van der Waals surface area contributed by atoms with Gasteiger partial charge in [-0.15, -0.1) is 11.8 Å². The highest BCUT2D eigenvalue weighted by Gasteiger charge is 2.11. The number of rotatable bonds is 5. The summed E-state index contributed by atoms with van der Waals surface area (Å²) in [5, 5.41) is 0.738. The van der Waals surface area contributed by atoms with Gasteiger partial charge >= 0.3 is 0 Å². The maximum Gasteiger partial charge on any atom is 0.174 e. The molecule has 2 rings (SSSR count). The second-order valence-electron chi connectivity index (χ2n) is 4.54. The van der Waals surface area contributed by atoms with Gasteiger partial charge < -0.3 is 4.98 Å². The second kappa shape index (κ2) is 6.31. The van der Waals surface area contributed by atoms with Crippen molar-refractivity contribution < 1.29 is 4.79 Å². The van der Waals surface area contributed by atoms with Gasteiger partial charge in [-0.25, -0.2) is 0 Å². The van der Waals surface area contributed by atoms with Crippen LogP contribution < -0.4 is 0 Å². The summed E-state index contributed by atoms with van der Waals surface area (Å²) in [6, 6.07) is 9.66. The van der Waals surface area contributed by atoms with E-state index in [0.29, 0.717) is 5.75 Å². The van der Waals surface area contributed by atoms with E-state index in [2.05, 4.69) is 4.98 Å². The summed E-state index contributed by atoms with van der Waals surface area (Å²) in [7, 11) is 0. The molecule has 0 fully saturated rings. The lowest BCUT2D eigenvalue weighted by atomic mass is 10.2. The van der Waals surface area contributed by atoms with E-state index in [1.165, 1.54) is 0 Å². The first kappa shape index (κ1) is 14.2. The Balaban J connectivity index is 1.89. The Morgan fingerprint density at radius 1 is 1.32 bits per heavy atom.